The number of amides is 2. The molecule has 0 saturated heterocycles. The molecule has 13 nitrogen and oxygen atoms in total. The molecular formula is C23H15N3O10. The second kappa shape index (κ2) is 10.1. The lowest BCUT2D eigenvalue weighted by Crippen LogP contribution is -2.19. The first-order valence-corrected chi connectivity index (χ1v) is 9.77. The summed E-state index contributed by atoms with van der Waals surface area (Å²) in [5.41, 5.74) is -2.37. The molecule has 0 aliphatic rings. The molecule has 1 heterocycles. The van der Waals surface area contributed by atoms with E-state index in [1.165, 1.54) is 18.2 Å². The molecule has 3 aromatic rings. The molecule has 0 saturated carbocycles. The van der Waals surface area contributed by atoms with Gasteiger partial charge in [-0.25, -0.2) is 24.2 Å². The lowest BCUT2D eigenvalue weighted by molar-refractivity contribution is 0.0676. The standard InChI is InChI=1S/C23H15N3O10/c27-18(24-14-6-10(20(29)30)4-11(7-14)21(31)32)16-2-1-3-17(26-16)19(28)25-15-8-12(22(33)34)5-13(9-15)23(35)36/h1-9H,(H,24,27)(H,25,28)(H,29,30)(H,31,32)(H,33,34)(H,35,36). The van der Waals surface area contributed by atoms with Gasteiger partial charge in [0.25, 0.3) is 11.8 Å². The smallest absolute Gasteiger partial charge is 0.335 e. The number of carbonyl (C=O) groups is 6. The number of rotatable bonds is 8. The van der Waals surface area contributed by atoms with Crippen molar-refractivity contribution in [2.75, 3.05) is 10.6 Å². The highest BCUT2D eigenvalue weighted by molar-refractivity contribution is 6.07. The van der Waals surface area contributed by atoms with Crippen LogP contribution in [0.4, 0.5) is 11.4 Å². The zero-order valence-corrected chi connectivity index (χ0v) is 17.9. The van der Waals surface area contributed by atoms with E-state index in [0.29, 0.717) is 0 Å². The van der Waals surface area contributed by atoms with Gasteiger partial charge in [0, 0.05) is 11.4 Å². The molecule has 0 atom stereocenters. The van der Waals surface area contributed by atoms with E-state index in [9.17, 15) is 28.8 Å². The van der Waals surface area contributed by atoms with Gasteiger partial charge in [0.1, 0.15) is 11.4 Å². The molecule has 0 fully saturated rings. The predicted molar refractivity (Wildman–Crippen MR) is 121 cm³/mol. The normalized spacial score (nSPS) is 10.2. The molecule has 2 aromatic carbocycles. The minimum atomic E-state index is -1.41. The molecule has 36 heavy (non-hydrogen) atoms. The molecule has 3 rings (SSSR count). The Labute approximate surface area is 200 Å². The lowest BCUT2D eigenvalue weighted by atomic mass is 10.1. The van der Waals surface area contributed by atoms with Crippen LogP contribution in [-0.4, -0.2) is 61.1 Å². The number of carboxylic acid groups (broad SMARTS) is 4. The van der Waals surface area contributed by atoms with Gasteiger partial charge in [0.15, 0.2) is 0 Å². The van der Waals surface area contributed by atoms with Crippen LogP contribution in [0.3, 0.4) is 0 Å². The number of nitrogens with zero attached hydrogens (tertiary/aromatic N) is 1. The third-order valence-corrected chi connectivity index (χ3v) is 4.58. The number of carboxylic acids is 4. The Morgan fingerprint density at radius 3 is 1.11 bits per heavy atom. The first kappa shape index (κ1) is 25.0. The first-order chi connectivity index (χ1) is 16.9. The number of carbonyl (C=O) groups excluding carboxylic acids is 2. The Balaban J connectivity index is 1.85. The summed E-state index contributed by atoms with van der Waals surface area (Å²) in [5, 5.41) is 41.2. The van der Waals surface area contributed by atoms with Gasteiger partial charge in [-0.2, -0.15) is 0 Å². The highest BCUT2D eigenvalue weighted by atomic mass is 16.4. The number of aromatic carboxylic acids is 4. The third kappa shape index (κ3) is 5.85. The van der Waals surface area contributed by atoms with E-state index in [4.69, 9.17) is 20.4 Å². The van der Waals surface area contributed by atoms with Crippen molar-refractivity contribution < 1.29 is 49.2 Å². The van der Waals surface area contributed by atoms with Crippen LogP contribution in [0.1, 0.15) is 62.4 Å². The Bertz CT molecular complexity index is 1280. The van der Waals surface area contributed by atoms with Crippen molar-refractivity contribution in [1.29, 1.82) is 0 Å². The van der Waals surface area contributed by atoms with Crippen LogP contribution in [0.2, 0.25) is 0 Å². The van der Waals surface area contributed by atoms with Crippen molar-refractivity contribution in [3.05, 3.63) is 88.2 Å². The summed E-state index contributed by atoms with van der Waals surface area (Å²) < 4.78 is 0. The third-order valence-electron chi connectivity index (χ3n) is 4.58. The van der Waals surface area contributed by atoms with Crippen LogP contribution in [-0.2, 0) is 0 Å². The number of aromatic nitrogens is 1. The molecule has 182 valence electrons. The van der Waals surface area contributed by atoms with E-state index in [2.05, 4.69) is 15.6 Å². The van der Waals surface area contributed by atoms with Gasteiger partial charge in [-0.15, -0.1) is 0 Å². The summed E-state index contributed by atoms with van der Waals surface area (Å²) in [4.78, 5) is 74.1. The molecule has 0 bridgehead atoms. The molecular weight excluding hydrogens is 478 g/mol. The van der Waals surface area contributed by atoms with Crippen molar-refractivity contribution >= 4 is 47.1 Å². The molecule has 6 N–H and O–H groups in total. The van der Waals surface area contributed by atoms with Gasteiger partial charge in [0.2, 0.25) is 0 Å². The van der Waals surface area contributed by atoms with E-state index in [1.54, 1.807) is 0 Å². The number of pyridine rings is 1. The molecule has 0 radical (unpaired) electrons. The maximum absolute atomic E-state index is 12.6. The number of hydrogen-bond acceptors (Lipinski definition) is 7. The topological polar surface area (TPSA) is 220 Å². The van der Waals surface area contributed by atoms with Gasteiger partial charge >= 0.3 is 23.9 Å². The quantitative estimate of drug-likeness (QED) is 0.267. The summed E-state index contributed by atoms with van der Waals surface area (Å²) in [7, 11) is 0. The molecule has 0 unspecified atom stereocenters. The molecule has 0 spiro atoms. The molecule has 2 amide bonds. The maximum Gasteiger partial charge on any atom is 0.335 e. The zero-order chi connectivity index (χ0) is 26.6. The molecule has 1 aromatic heterocycles. The summed E-state index contributed by atoms with van der Waals surface area (Å²) >= 11 is 0. The minimum absolute atomic E-state index is 0.138. The van der Waals surface area contributed by atoms with Gasteiger partial charge in [-0.1, -0.05) is 6.07 Å². The van der Waals surface area contributed by atoms with Crippen LogP contribution in [0.25, 0.3) is 0 Å². The fourth-order valence-electron chi connectivity index (χ4n) is 2.97. The average Bonchev–Trinajstić information content (AvgIpc) is 2.83. The maximum atomic E-state index is 12.6. The summed E-state index contributed by atoms with van der Waals surface area (Å²) in [6, 6.07) is 9.77. The predicted octanol–water partition coefficient (Wildman–Crippen LogP) is 2.38. The van der Waals surface area contributed by atoms with Crippen LogP contribution in [0.5, 0.6) is 0 Å². The van der Waals surface area contributed by atoms with E-state index < -0.39 is 35.7 Å². The van der Waals surface area contributed by atoms with Crippen molar-refractivity contribution in [2.24, 2.45) is 0 Å². The average molecular weight is 493 g/mol. The number of anilines is 2. The van der Waals surface area contributed by atoms with Gasteiger partial charge in [-0.3, -0.25) is 9.59 Å². The van der Waals surface area contributed by atoms with Crippen molar-refractivity contribution in [2.45, 2.75) is 0 Å². The van der Waals surface area contributed by atoms with Gasteiger partial charge in [-0.05, 0) is 48.5 Å². The van der Waals surface area contributed by atoms with Crippen molar-refractivity contribution in [1.82, 2.24) is 4.98 Å². The number of nitrogens with one attached hydrogen (secondary N) is 2. The highest BCUT2D eigenvalue weighted by Crippen LogP contribution is 2.18. The fraction of sp³-hybridized carbons (Fsp3) is 0. The molecule has 0 aliphatic heterocycles. The SMILES string of the molecule is O=C(O)c1cc(NC(=O)c2cccc(C(=O)Nc3cc(C(=O)O)cc(C(=O)O)c3)n2)cc(C(=O)O)c1. The zero-order valence-electron chi connectivity index (χ0n) is 17.9. The summed E-state index contributed by atoms with van der Waals surface area (Å²) in [5.74, 6) is -7.42. The van der Waals surface area contributed by atoms with Crippen LogP contribution in [0, 0.1) is 0 Å². The fourth-order valence-corrected chi connectivity index (χ4v) is 2.97. The first-order valence-electron chi connectivity index (χ1n) is 9.77. The molecule has 13 heteroatoms. The molecule has 0 aliphatic carbocycles. The Morgan fingerprint density at radius 1 is 0.528 bits per heavy atom. The minimum Gasteiger partial charge on any atom is -0.478 e. The Kier molecular flexibility index (Phi) is 7.05. The van der Waals surface area contributed by atoms with E-state index in [-0.39, 0.29) is 45.0 Å². The van der Waals surface area contributed by atoms with Crippen molar-refractivity contribution in [3.8, 4) is 0 Å². The summed E-state index contributed by atoms with van der Waals surface area (Å²) in [6.45, 7) is 0. The van der Waals surface area contributed by atoms with Gasteiger partial charge in [0.05, 0.1) is 22.3 Å². The van der Waals surface area contributed by atoms with E-state index in [0.717, 1.165) is 36.4 Å². The Morgan fingerprint density at radius 2 is 0.833 bits per heavy atom. The summed E-state index contributed by atoms with van der Waals surface area (Å²) in [6.07, 6.45) is 0. The van der Waals surface area contributed by atoms with Crippen LogP contribution < -0.4 is 10.6 Å². The Hall–Kier alpha value is -5.59. The second-order valence-electron chi connectivity index (χ2n) is 7.14. The number of hydrogen-bond donors (Lipinski definition) is 6. The van der Waals surface area contributed by atoms with Crippen molar-refractivity contribution in [3.63, 3.8) is 0 Å². The number of benzene rings is 2. The second-order valence-corrected chi connectivity index (χ2v) is 7.14. The highest BCUT2D eigenvalue weighted by Gasteiger charge is 2.17. The van der Waals surface area contributed by atoms with E-state index >= 15 is 0 Å². The van der Waals surface area contributed by atoms with Gasteiger partial charge < -0.3 is 31.1 Å². The monoisotopic (exact) mass is 493 g/mol. The van der Waals surface area contributed by atoms with Crippen LogP contribution in [0.15, 0.2) is 54.6 Å². The largest absolute Gasteiger partial charge is 0.478 e. The lowest BCUT2D eigenvalue weighted by Gasteiger charge is -2.10. The van der Waals surface area contributed by atoms with E-state index in [1.807, 2.05) is 0 Å². The van der Waals surface area contributed by atoms with Crippen LogP contribution >= 0.6 is 0 Å².